The van der Waals surface area contributed by atoms with E-state index in [4.69, 9.17) is 15.2 Å². The Morgan fingerprint density at radius 1 is 1.12 bits per heavy atom. The number of nitrogens with zero attached hydrogens (tertiary/aromatic N) is 1. The molecule has 32 heavy (non-hydrogen) atoms. The second-order valence-corrected chi connectivity index (χ2v) is 9.64. The van der Waals surface area contributed by atoms with Crippen molar-refractivity contribution >= 4 is 12.1 Å². The van der Waals surface area contributed by atoms with Crippen LogP contribution in [0.25, 0.3) is 0 Å². The highest BCUT2D eigenvalue weighted by atomic mass is 16.6. The van der Waals surface area contributed by atoms with Crippen LogP contribution in [-0.2, 0) is 20.7 Å². The number of methoxy groups -OCH3 is 1. The summed E-state index contributed by atoms with van der Waals surface area (Å²) in [6.45, 7) is 7.96. The van der Waals surface area contributed by atoms with Gasteiger partial charge >= 0.3 is 12.1 Å². The van der Waals surface area contributed by atoms with Crippen LogP contribution in [0.1, 0.15) is 64.9 Å². The van der Waals surface area contributed by atoms with Gasteiger partial charge in [0.05, 0.1) is 20.1 Å². The van der Waals surface area contributed by atoms with Crippen LogP contribution in [-0.4, -0.2) is 55.4 Å². The second kappa shape index (κ2) is 12.7. The van der Waals surface area contributed by atoms with Gasteiger partial charge in [-0.25, -0.2) is 4.79 Å². The van der Waals surface area contributed by atoms with Crippen LogP contribution in [0.15, 0.2) is 24.3 Å². The number of carbonyl (C=O) groups is 2. The molecule has 7 heteroatoms. The molecule has 1 heterocycles. The molecule has 1 saturated heterocycles. The monoisotopic (exact) mass is 448 g/mol. The number of rotatable bonds is 10. The smallest absolute Gasteiger partial charge is 0.410 e. The first kappa shape index (κ1) is 26.0. The van der Waals surface area contributed by atoms with Crippen LogP contribution in [0, 0.1) is 5.92 Å². The topological polar surface area (TPSA) is 91.1 Å². The third kappa shape index (κ3) is 9.90. The van der Waals surface area contributed by atoms with Crippen molar-refractivity contribution in [3.8, 4) is 5.75 Å². The number of esters is 1. The van der Waals surface area contributed by atoms with Crippen molar-refractivity contribution < 1.29 is 23.8 Å². The van der Waals surface area contributed by atoms with Gasteiger partial charge in [-0.05, 0) is 76.5 Å². The second-order valence-electron chi connectivity index (χ2n) is 9.64. The molecule has 0 radical (unpaired) electrons. The summed E-state index contributed by atoms with van der Waals surface area (Å²) in [6, 6.07) is 7.64. The zero-order valence-electron chi connectivity index (χ0n) is 20.1. The van der Waals surface area contributed by atoms with Crippen LogP contribution < -0.4 is 10.5 Å². The van der Waals surface area contributed by atoms with E-state index in [1.165, 1.54) is 13.5 Å². The molecule has 0 aromatic heterocycles. The minimum atomic E-state index is -0.439. The summed E-state index contributed by atoms with van der Waals surface area (Å²) in [5.41, 5.74) is 6.62. The van der Waals surface area contributed by atoms with E-state index in [0.29, 0.717) is 18.9 Å². The van der Waals surface area contributed by atoms with Gasteiger partial charge < -0.3 is 24.8 Å². The summed E-state index contributed by atoms with van der Waals surface area (Å²) in [5.74, 6) is 1.23. The van der Waals surface area contributed by atoms with Gasteiger partial charge in [0.25, 0.3) is 0 Å². The Labute approximate surface area is 192 Å². The average Bonchev–Trinajstić information content (AvgIpc) is 2.73. The number of hydrogen-bond donors (Lipinski definition) is 1. The molecule has 0 unspecified atom stereocenters. The lowest BCUT2D eigenvalue weighted by Gasteiger charge is -2.33. The number of carbonyl (C=O) groups excluding carboxylic acids is 2. The molecular formula is C25H40N2O5. The molecule has 7 nitrogen and oxygen atoms in total. The van der Waals surface area contributed by atoms with E-state index in [1.54, 1.807) is 0 Å². The number of piperidine rings is 1. The van der Waals surface area contributed by atoms with Crippen molar-refractivity contribution in [2.24, 2.45) is 11.7 Å². The minimum absolute atomic E-state index is 0.194. The van der Waals surface area contributed by atoms with E-state index in [0.717, 1.165) is 50.1 Å². The highest BCUT2D eigenvalue weighted by Gasteiger charge is 2.26. The molecule has 1 aromatic carbocycles. The van der Waals surface area contributed by atoms with E-state index in [2.05, 4.69) is 4.74 Å². The summed E-state index contributed by atoms with van der Waals surface area (Å²) < 4.78 is 16.0. The highest BCUT2D eigenvalue weighted by Crippen LogP contribution is 2.24. The highest BCUT2D eigenvalue weighted by molar-refractivity contribution is 5.70. The maximum atomic E-state index is 12.1. The zero-order valence-corrected chi connectivity index (χ0v) is 20.1. The number of unbranched alkanes of at least 4 members (excludes halogenated alkanes) is 1. The Hall–Kier alpha value is -2.28. The lowest BCUT2D eigenvalue weighted by molar-refractivity contribution is -0.141. The van der Waals surface area contributed by atoms with Crippen LogP contribution >= 0.6 is 0 Å². The van der Waals surface area contributed by atoms with Crippen molar-refractivity contribution in [3.05, 3.63) is 29.8 Å². The van der Waals surface area contributed by atoms with Gasteiger partial charge in [-0.1, -0.05) is 18.6 Å². The summed E-state index contributed by atoms with van der Waals surface area (Å²) in [7, 11) is 1.37. The van der Waals surface area contributed by atoms with Gasteiger partial charge in [0.1, 0.15) is 11.4 Å². The van der Waals surface area contributed by atoms with Gasteiger partial charge in [0.2, 0.25) is 0 Å². The Bertz CT molecular complexity index is 706. The van der Waals surface area contributed by atoms with E-state index >= 15 is 0 Å². The predicted octanol–water partition coefficient (Wildman–Crippen LogP) is 4.32. The summed E-state index contributed by atoms with van der Waals surface area (Å²) in [4.78, 5) is 25.3. The van der Waals surface area contributed by atoms with Crippen molar-refractivity contribution in [3.63, 3.8) is 0 Å². The van der Waals surface area contributed by atoms with Crippen LogP contribution in [0.3, 0.4) is 0 Å². The van der Waals surface area contributed by atoms with E-state index in [9.17, 15) is 9.59 Å². The molecule has 1 aliphatic heterocycles. The number of amides is 1. The van der Waals surface area contributed by atoms with Gasteiger partial charge in [-0.15, -0.1) is 0 Å². The van der Waals surface area contributed by atoms with Gasteiger partial charge in [-0.3, -0.25) is 4.79 Å². The van der Waals surface area contributed by atoms with E-state index < -0.39 is 5.60 Å². The Balaban J connectivity index is 1.58. The molecule has 0 bridgehead atoms. The first-order chi connectivity index (χ1) is 15.2. The number of likely N-dealkylation sites (tertiary alicyclic amines) is 1. The summed E-state index contributed by atoms with van der Waals surface area (Å²) in [6.07, 6.45) is 6.04. The third-order valence-corrected chi connectivity index (χ3v) is 5.62. The minimum Gasteiger partial charge on any atom is -0.494 e. The maximum absolute atomic E-state index is 12.1. The lowest BCUT2D eigenvalue weighted by atomic mass is 9.92. The molecule has 1 aromatic rings. The van der Waals surface area contributed by atoms with Crippen molar-refractivity contribution in [2.75, 3.05) is 26.8 Å². The molecule has 0 saturated carbocycles. The quantitative estimate of drug-likeness (QED) is 0.423. The van der Waals surface area contributed by atoms with Crippen LogP contribution in [0.4, 0.5) is 4.79 Å². The summed E-state index contributed by atoms with van der Waals surface area (Å²) in [5, 5.41) is 0. The van der Waals surface area contributed by atoms with E-state index in [-0.39, 0.29) is 24.5 Å². The van der Waals surface area contributed by atoms with Crippen molar-refractivity contribution in [2.45, 2.75) is 77.4 Å². The SMILES string of the molecule is COC(=O)C[C@@H](N)Cc1ccc(OCCCCC2CCN(C(=O)OC(C)(C)C)CC2)cc1. The molecule has 2 N–H and O–H groups in total. The molecule has 0 aliphatic carbocycles. The first-order valence-electron chi connectivity index (χ1n) is 11.7. The standard InChI is InChI=1S/C25H40N2O5/c1-25(2,3)32-24(29)27-14-12-19(13-15-27)7-5-6-16-31-22-10-8-20(9-11-22)17-21(26)18-23(28)30-4/h8-11,19,21H,5-7,12-18,26H2,1-4H3/t21-/m0/s1. The van der Waals surface area contributed by atoms with Crippen molar-refractivity contribution in [1.29, 1.82) is 0 Å². The molecule has 180 valence electrons. The molecule has 1 atom stereocenters. The fraction of sp³-hybridized carbons (Fsp3) is 0.680. The first-order valence-corrected chi connectivity index (χ1v) is 11.7. The fourth-order valence-corrected chi connectivity index (χ4v) is 3.85. The number of benzene rings is 1. The normalized spacial score (nSPS) is 15.8. The zero-order chi connectivity index (χ0) is 23.6. The lowest BCUT2D eigenvalue weighted by Crippen LogP contribution is -2.41. The molecular weight excluding hydrogens is 408 g/mol. The third-order valence-electron chi connectivity index (χ3n) is 5.62. The van der Waals surface area contributed by atoms with E-state index in [1.807, 2.05) is 49.9 Å². The molecule has 0 spiro atoms. The largest absolute Gasteiger partial charge is 0.494 e. The molecule has 1 aliphatic rings. The number of hydrogen-bond acceptors (Lipinski definition) is 6. The average molecular weight is 449 g/mol. The van der Waals surface area contributed by atoms with Gasteiger partial charge in [0, 0.05) is 19.1 Å². The summed E-state index contributed by atoms with van der Waals surface area (Å²) >= 11 is 0. The van der Waals surface area contributed by atoms with Crippen LogP contribution in [0.2, 0.25) is 0 Å². The Morgan fingerprint density at radius 3 is 2.38 bits per heavy atom. The van der Waals surface area contributed by atoms with Crippen molar-refractivity contribution in [1.82, 2.24) is 4.90 Å². The Kier molecular flexibility index (Phi) is 10.3. The number of ether oxygens (including phenoxy) is 3. The van der Waals surface area contributed by atoms with Crippen LogP contribution in [0.5, 0.6) is 5.75 Å². The molecule has 1 fully saturated rings. The van der Waals surface area contributed by atoms with Gasteiger partial charge in [0.15, 0.2) is 0 Å². The molecule has 1 amide bonds. The fourth-order valence-electron chi connectivity index (χ4n) is 3.85. The molecule has 2 rings (SSSR count). The predicted molar refractivity (Wildman–Crippen MR) is 125 cm³/mol. The van der Waals surface area contributed by atoms with Gasteiger partial charge in [-0.2, -0.15) is 0 Å². The Morgan fingerprint density at radius 2 is 1.78 bits per heavy atom. The number of nitrogens with two attached hydrogens (primary N) is 1. The maximum Gasteiger partial charge on any atom is 0.410 e.